The van der Waals surface area contributed by atoms with Crippen LogP contribution < -0.4 is 10.3 Å². The summed E-state index contributed by atoms with van der Waals surface area (Å²) in [5.41, 5.74) is 4.22. The van der Waals surface area contributed by atoms with Gasteiger partial charge in [0.25, 0.3) is 5.91 Å². The van der Waals surface area contributed by atoms with Crippen LogP contribution in [0.5, 0.6) is 5.75 Å². The summed E-state index contributed by atoms with van der Waals surface area (Å²) in [6.45, 7) is 3.63. The zero-order chi connectivity index (χ0) is 28.8. The van der Waals surface area contributed by atoms with Crippen molar-refractivity contribution in [3.63, 3.8) is 0 Å². The first-order chi connectivity index (χ1) is 18.9. The van der Waals surface area contributed by atoms with E-state index in [2.05, 4.69) is 15.5 Å². The van der Waals surface area contributed by atoms with Gasteiger partial charge >= 0.3 is 12.1 Å². The van der Waals surface area contributed by atoms with Crippen molar-refractivity contribution in [1.82, 2.24) is 4.98 Å². The van der Waals surface area contributed by atoms with Crippen molar-refractivity contribution in [1.29, 1.82) is 0 Å². The molecule has 0 aliphatic carbocycles. The standard InChI is InChI=1S/C29H21F3N4O4/c1-15-10-16(2)12-20(11-15)36-23-14-19(29(30,31)32)6-7-21(23)25(27(36)38)35-34-22-8-9-33-24(26(22)37)17-4-3-5-18(13-17)28(39)40/h3-14,37H,1-2H3,(H,33,34)(H,39,40). The lowest BCUT2D eigenvalue weighted by Gasteiger charge is -2.19. The molecular formula is C29H21F3N4O4. The van der Waals surface area contributed by atoms with E-state index in [1.165, 1.54) is 41.4 Å². The first-order valence-corrected chi connectivity index (χ1v) is 11.9. The molecule has 4 aromatic rings. The molecule has 0 unspecified atom stereocenters. The van der Waals surface area contributed by atoms with Gasteiger partial charge in [-0.3, -0.25) is 20.1 Å². The van der Waals surface area contributed by atoms with Gasteiger partial charge in [-0.25, -0.2) is 4.79 Å². The number of halogens is 3. The van der Waals surface area contributed by atoms with Crippen molar-refractivity contribution in [3.8, 4) is 17.0 Å². The average Bonchev–Trinajstić information content (AvgIpc) is 3.17. The summed E-state index contributed by atoms with van der Waals surface area (Å²) in [6.07, 6.45) is -3.27. The number of benzene rings is 3. The number of carboxylic acids is 1. The predicted octanol–water partition coefficient (Wildman–Crippen LogP) is 6.28. The summed E-state index contributed by atoms with van der Waals surface area (Å²) >= 11 is 0. The average molecular weight is 547 g/mol. The minimum Gasteiger partial charge on any atom is -0.504 e. The Kier molecular flexibility index (Phi) is 6.50. The molecule has 0 bridgehead atoms. The zero-order valence-corrected chi connectivity index (χ0v) is 21.1. The Morgan fingerprint density at radius 2 is 1.73 bits per heavy atom. The zero-order valence-electron chi connectivity index (χ0n) is 21.1. The maximum absolute atomic E-state index is 13.6. The number of hydrogen-bond acceptors (Lipinski definition) is 6. The van der Waals surface area contributed by atoms with Crippen LogP contribution >= 0.6 is 0 Å². The monoisotopic (exact) mass is 546 g/mol. The second-order valence-electron chi connectivity index (χ2n) is 9.23. The number of aromatic hydroxyl groups is 1. The fraction of sp³-hybridized carbons (Fsp3) is 0.103. The normalized spacial score (nSPS) is 14.0. The number of aromatic nitrogens is 1. The highest BCUT2D eigenvalue weighted by Gasteiger charge is 2.39. The molecular weight excluding hydrogens is 525 g/mol. The third kappa shape index (κ3) is 4.84. The molecule has 1 aliphatic rings. The van der Waals surface area contributed by atoms with Crippen molar-refractivity contribution in [2.45, 2.75) is 20.0 Å². The molecule has 0 atom stereocenters. The van der Waals surface area contributed by atoms with Gasteiger partial charge in [-0.2, -0.15) is 18.3 Å². The van der Waals surface area contributed by atoms with Gasteiger partial charge in [0.1, 0.15) is 11.4 Å². The highest BCUT2D eigenvalue weighted by molar-refractivity contribution is 6.55. The van der Waals surface area contributed by atoms with Gasteiger partial charge in [0.2, 0.25) is 0 Å². The number of anilines is 3. The van der Waals surface area contributed by atoms with Crippen LogP contribution in [0.25, 0.3) is 11.3 Å². The number of hydrazone groups is 1. The summed E-state index contributed by atoms with van der Waals surface area (Å²) in [5.74, 6) is -2.17. The number of aryl methyl sites for hydroxylation is 2. The molecule has 202 valence electrons. The number of carboxylic acid groups (broad SMARTS) is 1. The SMILES string of the molecule is Cc1cc(C)cc(N2C(=O)C(=NNc3ccnc(-c4cccc(C(=O)O)c4)c3O)c3ccc(C(F)(F)F)cc32)c1. The molecule has 0 saturated carbocycles. The fourth-order valence-electron chi connectivity index (χ4n) is 4.54. The van der Waals surface area contributed by atoms with Crippen molar-refractivity contribution in [3.05, 3.63) is 101 Å². The van der Waals surface area contributed by atoms with E-state index in [9.17, 15) is 33.0 Å². The van der Waals surface area contributed by atoms with Crippen LogP contribution in [-0.2, 0) is 11.0 Å². The highest BCUT2D eigenvalue weighted by Crippen LogP contribution is 2.41. The first kappa shape index (κ1) is 26.4. The molecule has 0 radical (unpaired) electrons. The molecule has 1 amide bonds. The maximum atomic E-state index is 13.6. The maximum Gasteiger partial charge on any atom is 0.416 e. The number of carbonyl (C=O) groups is 2. The number of aromatic carboxylic acids is 1. The van der Waals surface area contributed by atoms with E-state index in [4.69, 9.17) is 0 Å². The number of pyridine rings is 1. The molecule has 2 heterocycles. The van der Waals surface area contributed by atoms with Crippen molar-refractivity contribution >= 4 is 34.7 Å². The summed E-state index contributed by atoms with van der Waals surface area (Å²) in [5, 5.41) is 24.3. The van der Waals surface area contributed by atoms with Gasteiger partial charge in [-0.1, -0.05) is 18.2 Å². The lowest BCUT2D eigenvalue weighted by Crippen LogP contribution is -2.26. The van der Waals surface area contributed by atoms with E-state index in [1.54, 1.807) is 18.2 Å². The smallest absolute Gasteiger partial charge is 0.416 e. The van der Waals surface area contributed by atoms with E-state index >= 15 is 0 Å². The van der Waals surface area contributed by atoms with Gasteiger partial charge in [0.05, 0.1) is 16.8 Å². The third-order valence-corrected chi connectivity index (χ3v) is 6.29. The number of alkyl halides is 3. The van der Waals surface area contributed by atoms with Crippen molar-refractivity contribution in [2.24, 2.45) is 5.10 Å². The topological polar surface area (TPSA) is 115 Å². The minimum atomic E-state index is -4.62. The number of fused-ring (bicyclic) bond motifs is 1. The van der Waals surface area contributed by atoms with E-state index in [0.29, 0.717) is 11.3 Å². The molecule has 0 fully saturated rings. The van der Waals surface area contributed by atoms with E-state index in [-0.39, 0.29) is 39.7 Å². The second kappa shape index (κ2) is 9.84. The number of amides is 1. The Hall–Kier alpha value is -5.19. The number of hydrogen-bond donors (Lipinski definition) is 3. The van der Waals surface area contributed by atoms with Crippen LogP contribution in [0.4, 0.5) is 30.2 Å². The summed E-state index contributed by atoms with van der Waals surface area (Å²) in [6, 6.07) is 15.4. The van der Waals surface area contributed by atoms with Gasteiger partial charge in [-0.05, 0) is 73.5 Å². The summed E-state index contributed by atoms with van der Waals surface area (Å²) < 4.78 is 40.7. The third-order valence-electron chi connectivity index (χ3n) is 6.29. The molecule has 0 saturated heterocycles. The van der Waals surface area contributed by atoms with E-state index in [0.717, 1.165) is 23.3 Å². The second-order valence-corrected chi connectivity index (χ2v) is 9.23. The molecule has 3 aromatic carbocycles. The lowest BCUT2D eigenvalue weighted by atomic mass is 10.1. The van der Waals surface area contributed by atoms with Crippen molar-refractivity contribution < 1.29 is 33.0 Å². The molecule has 1 aliphatic heterocycles. The summed E-state index contributed by atoms with van der Waals surface area (Å²) in [7, 11) is 0. The van der Waals surface area contributed by atoms with Gasteiger partial charge in [0, 0.05) is 23.0 Å². The largest absolute Gasteiger partial charge is 0.504 e. The minimum absolute atomic E-state index is 0.00447. The Balaban J connectivity index is 1.57. The molecule has 8 nitrogen and oxygen atoms in total. The molecule has 1 aromatic heterocycles. The quantitative estimate of drug-likeness (QED) is 0.254. The predicted molar refractivity (Wildman–Crippen MR) is 143 cm³/mol. The Labute approximate surface area is 226 Å². The van der Waals surface area contributed by atoms with Crippen molar-refractivity contribution in [2.75, 3.05) is 10.3 Å². The van der Waals surface area contributed by atoms with Crippen LogP contribution in [0.2, 0.25) is 0 Å². The number of nitrogens with zero attached hydrogens (tertiary/aromatic N) is 3. The lowest BCUT2D eigenvalue weighted by molar-refractivity contribution is -0.137. The van der Waals surface area contributed by atoms with E-state index in [1.807, 2.05) is 19.9 Å². The molecule has 11 heteroatoms. The van der Waals surface area contributed by atoms with Crippen LogP contribution in [0, 0.1) is 13.8 Å². The Morgan fingerprint density at radius 1 is 1.00 bits per heavy atom. The molecule has 3 N–H and O–H groups in total. The first-order valence-electron chi connectivity index (χ1n) is 11.9. The van der Waals surface area contributed by atoms with Crippen LogP contribution in [0.15, 0.2) is 78.0 Å². The number of nitrogens with one attached hydrogen (secondary N) is 1. The number of carbonyl (C=O) groups excluding carboxylic acids is 1. The molecule has 40 heavy (non-hydrogen) atoms. The van der Waals surface area contributed by atoms with Crippen LogP contribution in [0.1, 0.15) is 32.6 Å². The van der Waals surface area contributed by atoms with Gasteiger partial charge in [0.15, 0.2) is 11.5 Å². The fourth-order valence-corrected chi connectivity index (χ4v) is 4.54. The number of rotatable bonds is 5. The van der Waals surface area contributed by atoms with Crippen LogP contribution in [0.3, 0.4) is 0 Å². The highest BCUT2D eigenvalue weighted by atomic mass is 19.4. The molecule has 5 rings (SSSR count). The van der Waals surface area contributed by atoms with Gasteiger partial charge < -0.3 is 10.2 Å². The summed E-state index contributed by atoms with van der Waals surface area (Å²) in [4.78, 5) is 30.2. The Morgan fingerprint density at radius 3 is 2.40 bits per heavy atom. The van der Waals surface area contributed by atoms with Crippen LogP contribution in [-0.4, -0.2) is 32.8 Å². The Bertz CT molecular complexity index is 1700. The van der Waals surface area contributed by atoms with Gasteiger partial charge in [-0.15, -0.1) is 0 Å². The van der Waals surface area contributed by atoms with E-state index < -0.39 is 23.6 Å². The molecule has 0 spiro atoms.